The first-order valence-corrected chi connectivity index (χ1v) is 7.26. The largest absolute Gasteiger partial charge is 0.460 e. The number of carbonyl (C=O) groups is 1. The van der Waals surface area contributed by atoms with Gasteiger partial charge in [-0.15, -0.1) is 0 Å². The molecule has 0 aromatic heterocycles. The van der Waals surface area contributed by atoms with Gasteiger partial charge >= 0.3 is 5.97 Å². The third-order valence-corrected chi connectivity index (χ3v) is 3.61. The first-order valence-electron chi connectivity index (χ1n) is 7.26. The first-order chi connectivity index (χ1) is 8.29. The molecule has 0 radical (unpaired) electrons. The Kier molecular flexibility index (Phi) is 5.64. The molecular formula is C15H29NO2. The highest BCUT2D eigenvalue weighted by Gasteiger charge is 2.25. The van der Waals surface area contributed by atoms with E-state index in [9.17, 15) is 4.79 Å². The van der Waals surface area contributed by atoms with E-state index in [2.05, 4.69) is 12.2 Å². The maximum Gasteiger partial charge on any atom is 0.310 e. The third kappa shape index (κ3) is 5.38. The summed E-state index contributed by atoms with van der Waals surface area (Å²) in [4.78, 5) is 11.9. The predicted octanol–water partition coefficient (Wildman–Crippen LogP) is 3.13. The average Bonchev–Trinajstić information content (AvgIpc) is 2.25. The molecule has 1 rings (SSSR count). The van der Waals surface area contributed by atoms with Crippen LogP contribution in [0.5, 0.6) is 0 Å². The van der Waals surface area contributed by atoms with Gasteiger partial charge in [0, 0.05) is 12.6 Å². The van der Waals surface area contributed by atoms with Crippen LogP contribution in [-0.4, -0.2) is 24.2 Å². The summed E-state index contributed by atoms with van der Waals surface area (Å²) in [7, 11) is 0. The van der Waals surface area contributed by atoms with Gasteiger partial charge in [0.1, 0.15) is 5.60 Å². The van der Waals surface area contributed by atoms with Gasteiger partial charge in [0.05, 0.1) is 5.92 Å². The lowest BCUT2D eigenvalue weighted by Crippen LogP contribution is -2.41. The summed E-state index contributed by atoms with van der Waals surface area (Å²) in [5.74, 6) is 0.557. The lowest BCUT2D eigenvalue weighted by molar-refractivity contribution is -0.159. The molecule has 3 atom stereocenters. The van der Waals surface area contributed by atoms with Gasteiger partial charge in [-0.3, -0.25) is 4.79 Å². The van der Waals surface area contributed by atoms with Gasteiger partial charge in [0.15, 0.2) is 0 Å². The van der Waals surface area contributed by atoms with Crippen molar-refractivity contribution in [2.75, 3.05) is 6.54 Å². The zero-order chi connectivity index (χ0) is 13.8. The van der Waals surface area contributed by atoms with Crippen molar-refractivity contribution >= 4 is 5.97 Å². The smallest absolute Gasteiger partial charge is 0.310 e. The topological polar surface area (TPSA) is 38.3 Å². The lowest BCUT2D eigenvalue weighted by Gasteiger charge is -2.31. The van der Waals surface area contributed by atoms with E-state index in [-0.39, 0.29) is 17.5 Å². The Morgan fingerprint density at radius 1 is 1.33 bits per heavy atom. The number of nitrogens with one attached hydrogen (secondary N) is 1. The molecule has 3 nitrogen and oxygen atoms in total. The first kappa shape index (κ1) is 15.5. The molecule has 3 heteroatoms. The van der Waals surface area contributed by atoms with Gasteiger partial charge in [0.25, 0.3) is 0 Å². The van der Waals surface area contributed by atoms with E-state index in [1.54, 1.807) is 0 Å². The molecule has 0 aliphatic heterocycles. The van der Waals surface area contributed by atoms with Crippen LogP contribution in [0, 0.1) is 11.8 Å². The Labute approximate surface area is 112 Å². The van der Waals surface area contributed by atoms with E-state index in [0.29, 0.717) is 6.04 Å². The van der Waals surface area contributed by atoms with Crippen LogP contribution in [0.1, 0.15) is 60.3 Å². The molecular weight excluding hydrogens is 226 g/mol. The van der Waals surface area contributed by atoms with E-state index in [1.807, 2.05) is 27.7 Å². The molecule has 106 valence electrons. The van der Waals surface area contributed by atoms with Gasteiger partial charge in [0.2, 0.25) is 0 Å². The SMILES string of the molecule is C[C@@H](CN[C@H]1CCCC[C@@H]1C)C(=O)OC(C)(C)C. The predicted molar refractivity (Wildman–Crippen MR) is 74.4 cm³/mol. The molecule has 0 saturated heterocycles. The minimum atomic E-state index is -0.385. The minimum Gasteiger partial charge on any atom is -0.460 e. The van der Waals surface area contributed by atoms with Crippen molar-refractivity contribution in [3.8, 4) is 0 Å². The van der Waals surface area contributed by atoms with Crippen molar-refractivity contribution in [2.24, 2.45) is 11.8 Å². The van der Waals surface area contributed by atoms with Crippen LogP contribution < -0.4 is 5.32 Å². The van der Waals surface area contributed by atoms with E-state index in [0.717, 1.165) is 12.5 Å². The monoisotopic (exact) mass is 255 g/mol. The number of carbonyl (C=O) groups excluding carboxylic acids is 1. The van der Waals surface area contributed by atoms with Crippen LogP contribution in [0.15, 0.2) is 0 Å². The highest BCUT2D eigenvalue weighted by atomic mass is 16.6. The van der Waals surface area contributed by atoms with Crippen LogP contribution in [0.25, 0.3) is 0 Å². The summed E-state index contributed by atoms with van der Waals surface area (Å²) < 4.78 is 5.39. The molecule has 1 N–H and O–H groups in total. The molecule has 0 amide bonds. The van der Waals surface area contributed by atoms with E-state index in [4.69, 9.17) is 4.74 Å². The van der Waals surface area contributed by atoms with Crippen molar-refractivity contribution in [3.63, 3.8) is 0 Å². The van der Waals surface area contributed by atoms with Crippen molar-refractivity contribution in [2.45, 2.75) is 71.9 Å². The van der Waals surface area contributed by atoms with Crippen LogP contribution >= 0.6 is 0 Å². The van der Waals surface area contributed by atoms with E-state index < -0.39 is 0 Å². The van der Waals surface area contributed by atoms with Crippen LogP contribution in [0.2, 0.25) is 0 Å². The van der Waals surface area contributed by atoms with Crippen LogP contribution in [0.4, 0.5) is 0 Å². The summed E-state index contributed by atoms with van der Waals surface area (Å²) >= 11 is 0. The molecule has 1 fully saturated rings. The van der Waals surface area contributed by atoms with Crippen molar-refractivity contribution < 1.29 is 9.53 Å². The zero-order valence-electron chi connectivity index (χ0n) is 12.6. The summed E-state index contributed by atoms with van der Waals surface area (Å²) in [6.45, 7) is 10.7. The number of ether oxygens (including phenoxy) is 1. The van der Waals surface area contributed by atoms with Gasteiger partial charge in [-0.2, -0.15) is 0 Å². The molecule has 1 saturated carbocycles. The van der Waals surface area contributed by atoms with E-state index >= 15 is 0 Å². The van der Waals surface area contributed by atoms with E-state index in [1.165, 1.54) is 25.7 Å². The molecule has 0 spiro atoms. The second-order valence-electron chi connectivity index (χ2n) is 6.71. The molecule has 1 aliphatic rings. The Morgan fingerprint density at radius 2 is 1.94 bits per heavy atom. The molecule has 0 bridgehead atoms. The molecule has 18 heavy (non-hydrogen) atoms. The molecule has 0 heterocycles. The number of esters is 1. The summed E-state index contributed by atoms with van der Waals surface area (Å²) in [5.41, 5.74) is -0.385. The maximum absolute atomic E-state index is 11.9. The zero-order valence-corrected chi connectivity index (χ0v) is 12.6. The Hall–Kier alpha value is -0.570. The van der Waals surface area contributed by atoms with Gasteiger partial charge < -0.3 is 10.1 Å². The van der Waals surface area contributed by atoms with Crippen molar-refractivity contribution in [1.82, 2.24) is 5.32 Å². The fourth-order valence-corrected chi connectivity index (χ4v) is 2.43. The lowest BCUT2D eigenvalue weighted by atomic mass is 9.86. The molecule has 0 aromatic rings. The van der Waals surface area contributed by atoms with Crippen molar-refractivity contribution in [1.29, 1.82) is 0 Å². The van der Waals surface area contributed by atoms with Gasteiger partial charge in [-0.05, 0) is 39.5 Å². The molecule has 0 aromatic carbocycles. The van der Waals surface area contributed by atoms with Crippen molar-refractivity contribution in [3.05, 3.63) is 0 Å². The number of hydrogen-bond acceptors (Lipinski definition) is 3. The Morgan fingerprint density at radius 3 is 2.50 bits per heavy atom. The fraction of sp³-hybridized carbons (Fsp3) is 0.933. The normalized spacial score (nSPS) is 26.7. The Balaban J connectivity index is 2.31. The highest BCUT2D eigenvalue weighted by Crippen LogP contribution is 2.23. The number of hydrogen-bond donors (Lipinski definition) is 1. The summed E-state index contributed by atoms with van der Waals surface area (Å²) in [6.07, 6.45) is 5.20. The average molecular weight is 255 g/mol. The quantitative estimate of drug-likeness (QED) is 0.784. The molecule has 0 unspecified atom stereocenters. The highest BCUT2D eigenvalue weighted by molar-refractivity contribution is 5.72. The third-order valence-electron chi connectivity index (χ3n) is 3.61. The maximum atomic E-state index is 11.9. The second kappa shape index (κ2) is 6.55. The summed E-state index contributed by atoms with van der Waals surface area (Å²) in [5, 5.41) is 3.54. The summed E-state index contributed by atoms with van der Waals surface area (Å²) in [6, 6.07) is 0.573. The molecule has 1 aliphatic carbocycles. The second-order valence-corrected chi connectivity index (χ2v) is 6.71. The van der Waals surface area contributed by atoms with Crippen LogP contribution in [-0.2, 0) is 9.53 Å². The number of rotatable bonds is 4. The standard InChI is InChI=1S/C15H29NO2/c1-11-8-6-7-9-13(11)16-10-12(2)14(17)18-15(3,4)5/h11-13,16H,6-10H2,1-5H3/t11-,12-,13-/m0/s1. The fourth-order valence-electron chi connectivity index (χ4n) is 2.43. The minimum absolute atomic E-state index is 0.0710. The van der Waals surface area contributed by atoms with Gasteiger partial charge in [-0.1, -0.05) is 26.7 Å². The van der Waals surface area contributed by atoms with Gasteiger partial charge in [-0.25, -0.2) is 0 Å². The Bertz CT molecular complexity index is 270. The van der Waals surface area contributed by atoms with Crippen LogP contribution in [0.3, 0.4) is 0 Å².